The number of nitrogens with one attached hydrogen (secondary N) is 4. The van der Waals surface area contributed by atoms with Crippen LogP contribution in [-0.2, 0) is 75.2 Å². The highest BCUT2D eigenvalue weighted by Crippen LogP contribution is 2.27. The summed E-state index contributed by atoms with van der Waals surface area (Å²) < 4.78 is 0. The molecule has 0 aromatic heterocycles. The maximum absolute atomic E-state index is 15.5. The van der Waals surface area contributed by atoms with E-state index in [1.54, 1.807) is 93.3 Å². The third-order valence-corrected chi connectivity index (χ3v) is 20.1. The zero-order valence-electron chi connectivity index (χ0n) is 62.7. The number of carbonyl (C=O) groups is 13. The molecule has 0 radical (unpaired) electrons. The largest absolute Gasteiger partial charge is 0.391 e. The zero-order valence-corrected chi connectivity index (χ0v) is 62.7. The number of aliphatic hydroxyl groups excluding tert-OH is 1. The normalized spacial score (nSPS) is 25.8. The van der Waals surface area contributed by atoms with Crippen molar-refractivity contribution in [2.75, 3.05) is 75.5 Å². The van der Waals surface area contributed by atoms with Crippen molar-refractivity contribution in [3.63, 3.8) is 0 Å². The molecular formula is C74H116N12O14. The number of ketones is 1. The Hall–Kier alpha value is -8.29. The van der Waals surface area contributed by atoms with Crippen molar-refractivity contribution < 1.29 is 67.4 Å². The number of aliphatic hydroxyl groups is 1. The second kappa shape index (κ2) is 39.1. The number of piperidine rings is 1. The number of nitrogens with zero attached hydrogens (tertiary/aromatic N) is 8. The molecule has 12 amide bonds. The van der Waals surface area contributed by atoms with Gasteiger partial charge in [-0.3, -0.25) is 62.3 Å². The summed E-state index contributed by atoms with van der Waals surface area (Å²) in [5, 5.41) is 22.1. The summed E-state index contributed by atoms with van der Waals surface area (Å²) >= 11 is 0. The van der Waals surface area contributed by atoms with Gasteiger partial charge < -0.3 is 65.6 Å². The number of amides is 12. The summed E-state index contributed by atoms with van der Waals surface area (Å²) in [4.78, 5) is 200. The zero-order chi connectivity index (χ0) is 75.3. The summed E-state index contributed by atoms with van der Waals surface area (Å²) in [5.74, 6) is -11.7. The Morgan fingerprint density at radius 2 is 1.17 bits per heavy atom. The topological polar surface area (TPSA) is 316 Å². The van der Waals surface area contributed by atoms with E-state index in [9.17, 15) is 57.8 Å². The molecule has 2 heterocycles. The van der Waals surface area contributed by atoms with Crippen LogP contribution in [0.2, 0.25) is 0 Å². The molecule has 100 heavy (non-hydrogen) atoms. The van der Waals surface area contributed by atoms with Crippen molar-refractivity contribution in [3.05, 3.63) is 71.8 Å². The Morgan fingerprint density at radius 1 is 0.610 bits per heavy atom. The van der Waals surface area contributed by atoms with Crippen LogP contribution in [0.3, 0.4) is 0 Å². The van der Waals surface area contributed by atoms with Crippen molar-refractivity contribution in [3.8, 4) is 0 Å². The lowest BCUT2D eigenvalue weighted by Gasteiger charge is -2.37. The molecule has 1 unspecified atom stereocenters. The average molecular weight is 1400 g/mol. The number of carbonyl (C=O) groups excluding carboxylic acids is 13. The van der Waals surface area contributed by atoms with Crippen LogP contribution >= 0.6 is 0 Å². The van der Waals surface area contributed by atoms with Gasteiger partial charge in [-0.15, -0.1) is 0 Å². The summed E-state index contributed by atoms with van der Waals surface area (Å²) in [6.45, 7) is 20.4. The predicted octanol–water partition coefficient (Wildman–Crippen LogP) is 3.31. The smallest absolute Gasteiger partial charge is 0.248 e. The van der Waals surface area contributed by atoms with E-state index >= 15 is 9.59 Å². The van der Waals surface area contributed by atoms with Gasteiger partial charge in [-0.1, -0.05) is 116 Å². The van der Waals surface area contributed by atoms with Gasteiger partial charge in [-0.2, -0.15) is 0 Å². The van der Waals surface area contributed by atoms with Crippen molar-refractivity contribution in [2.24, 2.45) is 35.5 Å². The predicted molar refractivity (Wildman–Crippen MR) is 380 cm³/mol. The first kappa shape index (κ1) is 84.1. The first-order valence-electron chi connectivity index (χ1n) is 35.4. The van der Waals surface area contributed by atoms with Gasteiger partial charge in [-0.25, -0.2) is 0 Å². The van der Waals surface area contributed by atoms with Gasteiger partial charge in [0, 0.05) is 101 Å². The molecule has 2 aliphatic heterocycles. The Bertz CT molecular complexity index is 3150. The molecule has 14 atom stereocenters. The van der Waals surface area contributed by atoms with Crippen molar-refractivity contribution in [1.29, 1.82) is 0 Å². The lowest BCUT2D eigenvalue weighted by atomic mass is 9.82. The summed E-state index contributed by atoms with van der Waals surface area (Å²) in [7, 11) is 9.81. The molecule has 2 fully saturated rings. The maximum Gasteiger partial charge on any atom is 0.248 e. The molecule has 556 valence electrons. The van der Waals surface area contributed by atoms with E-state index in [4.69, 9.17) is 0 Å². The molecule has 2 aliphatic rings. The van der Waals surface area contributed by atoms with Gasteiger partial charge in [-0.05, 0) is 102 Å². The standard InChI is InChI=1S/C74H116N12O14/c1-20-46(6)55-39-60(88)47(7)42-79(13)61(89)41-57(73(99)84(18)59(38-54-32-26-22-27-33-54)67(93)76-49(9)70(96)86-34-28-23-29-35-86)77-65(91)56(37-53-30-24-21-25-31-53)43-80(14)69(95)48(8)75-66(92)58(36-44(2)3)83(17)71(97)51(11)82(16)74(100)63(52(12)87)78-68(94)64(45(4)5)85(19)72(98)50(10)81(15)62(90)40-55/h21-22,24-27,30-33,44-52,55-59,63-64,87H,20,23,28-29,34-43H2,1-19H3,(H,75,92)(H,76,93)(H,77,91)(H,78,94)/t46?,47-,48-,49-,50-,51-,52+,55+,56+,57-,58-,59-,63-,64+/m0/s1. The molecule has 4 rings (SSSR count). The molecule has 0 aliphatic carbocycles. The fourth-order valence-corrected chi connectivity index (χ4v) is 13.0. The minimum atomic E-state index is -1.67. The van der Waals surface area contributed by atoms with Crippen LogP contribution in [0.4, 0.5) is 0 Å². The quantitative estimate of drug-likeness (QED) is 0.171. The number of Topliss-reactive ketones (excluding diaryl/α,β-unsaturated/α-hetero) is 1. The van der Waals surface area contributed by atoms with Gasteiger partial charge in [0.2, 0.25) is 70.9 Å². The molecule has 2 saturated heterocycles. The van der Waals surface area contributed by atoms with Gasteiger partial charge in [0.05, 0.1) is 18.4 Å². The number of rotatable bonds is 15. The van der Waals surface area contributed by atoms with E-state index < -0.39 is 156 Å². The fourth-order valence-electron chi connectivity index (χ4n) is 13.0. The third kappa shape index (κ3) is 23.4. The Morgan fingerprint density at radius 3 is 1.72 bits per heavy atom. The molecule has 0 saturated carbocycles. The summed E-state index contributed by atoms with van der Waals surface area (Å²) in [6.07, 6.45) is 0.844. The van der Waals surface area contributed by atoms with Crippen molar-refractivity contribution in [2.45, 2.75) is 208 Å². The first-order chi connectivity index (χ1) is 46.8. The second-order valence-corrected chi connectivity index (χ2v) is 28.8. The lowest BCUT2D eigenvalue weighted by molar-refractivity contribution is -0.151. The summed E-state index contributed by atoms with van der Waals surface area (Å²) in [6, 6.07) is 6.09. The monoisotopic (exact) mass is 1400 g/mol. The number of benzene rings is 2. The molecule has 5 N–H and O–H groups in total. The minimum Gasteiger partial charge on any atom is -0.391 e. The molecule has 26 nitrogen and oxygen atoms in total. The number of hydrogen-bond acceptors (Lipinski definition) is 14. The molecular weight excluding hydrogens is 1280 g/mol. The number of likely N-dealkylation sites (N-methyl/N-ethyl adjacent to an activating group) is 6. The lowest BCUT2D eigenvalue weighted by Crippen LogP contribution is -2.62. The molecule has 0 spiro atoms. The minimum absolute atomic E-state index is 0.00650. The van der Waals surface area contributed by atoms with Crippen molar-refractivity contribution >= 4 is 76.7 Å². The molecule has 0 bridgehead atoms. The van der Waals surface area contributed by atoms with Crippen LogP contribution in [0, 0.1) is 35.5 Å². The van der Waals surface area contributed by atoms with Gasteiger partial charge in [0.15, 0.2) is 0 Å². The van der Waals surface area contributed by atoms with Crippen LogP contribution in [-0.4, -0.2) is 257 Å². The van der Waals surface area contributed by atoms with E-state index in [1.165, 1.54) is 102 Å². The highest BCUT2D eigenvalue weighted by atomic mass is 16.3. The van der Waals surface area contributed by atoms with Crippen LogP contribution in [0.5, 0.6) is 0 Å². The number of likely N-dealkylation sites (tertiary alicyclic amines) is 1. The van der Waals surface area contributed by atoms with E-state index in [0.717, 1.165) is 29.1 Å². The van der Waals surface area contributed by atoms with Crippen LogP contribution in [0.1, 0.15) is 146 Å². The Kier molecular flexibility index (Phi) is 32.9. The molecule has 2 aromatic rings. The van der Waals surface area contributed by atoms with E-state index in [2.05, 4.69) is 21.3 Å². The van der Waals surface area contributed by atoms with E-state index in [0.29, 0.717) is 30.6 Å². The SMILES string of the molecule is CCC(C)[C@@H]1CC(=O)[C@@H](C)CN(C)C(=O)C[C@@H](C(=O)N(C)[C@@H](Cc2ccccc2)C(=O)N[C@@H](C)C(=O)N2CCCCC2)NC(=O)[C@H](Cc2ccccc2)CN(C)C(=O)[C@H](C)NC(=O)[C@H](CC(C)C)N(C)C(=O)[C@H](C)N(C)C(=O)[C@H]([C@@H](C)O)NC(=O)[C@@H](C(C)C)N(C)C(=O)[C@H](C)N(C)C(=O)C1. The Balaban J connectivity index is 1.87. The highest BCUT2D eigenvalue weighted by molar-refractivity contribution is 5.99. The third-order valence-electron chi connectivity index (χ3n) is 20.1. The second-order valence-electron chi connectivity index (χ2n) is 28.8. The van der Waals surface area contributed by atoms with Gasteiger partial charge >= 0.3 is 0 Å². The van der Waals surface area contributed by atoms with E-state index in [1.807, 2.05) is 27.7 Å². The highest BCUT2D eigenvalue weighted by Gasteiger charge is 2.43. The van der Waals surface area contributed by atoms with Gasteiger partial charge in [0.25, 0.3) is 0 Å². The fraction of sp³-hybridized carbons (Fsp3) is 0.662. The Labute approximate surface area is 592 Å². The molecule has 2 aromatic carbocycles. The summed E-state index contributed by atoms with van der Waals surface area (Å²) in [5.41, 5.74) is 1.33. The number of hydrogen-bond donors (Lipinski definition) is 5. The van der Waals surface area contributed by atoms with E-state index in [-0.39, 0.29) is 68.7 Å². The van der Waals surface area contributed by atoms with Gasteiger partial charge in [0.1, 0.15) is 60.2 Å². The average Bonchev–Trinajstić information content (AvgIpc) is 0.825. The molecule has 26 heteroatoms. The van der Waals surface area contributed by atoms with Crippen molar-refractivity contribution in [1.82, 2.24) is 60.5 Å². The van der Waals surface area contributed by atoms with Crippen LogP contribution in [0.25, 0.3) is 0 Å². The van der Waals surface area contributed by atoms with Crippen LogP contribution < -0.4 is 21.3 Å². The first-order valence-corrected chi connectivity index (χ1v) is 35.4. The maximum atomic E-state index is 15.5. The van der Waals surface area contributed by atoms with Crippen LogP contribution in [0.15, 0.2) is 60.7 Å².